The zero-order valence-corrected chi connectivity index (χ0v) is 18.5. The minimum Gasteiger partial charge on any atom is -0.459 e. The number of hydrogen-bond donors (Lipinski definition) is 1. The summed E-state index contributed by atoms with van der Waals surface area (Å²) >= 11 is 0. The Balaban J connectivity index is 3.37. The topological polar surface area (TPSA) is 135 Å². The molecule has 0 aromatic carbocycles. The van der Waals surface area contributed by atoms with Crippen LogP contribution < -0.4 is 0 Å². The zero-order chi connectivity index (χ0) is 24.7. The van der Waals surface area contributed by atoms with E-state index >= 15 is 0 Å². The molecule has 0 unspecified atom stereocenters. The van der Waals surface area contributed by atoms with Crippen LogP contribution in [0.3, 0.4) is 0 Å². The second-order valence-electron chi connectivity index (χ2n) is 7.39. The van der Waals surface area contributed by atoms with Gasteiger partial charge in [-0.05, 0) is 27.7 Å². The van der Waals surface area contributed by atoms with Crippen LogP contribution in [0.4, 0.5) is 0 Å². The summed E-state index contributed by atoms with van der Waals surface area (Å²) in [5.74, 6) is -3.47. The van der Waals surface area contributed by atoms with Crippen LogP contribution in [0.1, 0.15) is 27.7 Å². The first kappa shape index (κ1) is 26.8. The smallest absolute Gasteiger partial charge is 0.333 e. The fourth-order valence-corrected chi connectivity index (χ4v) is 2.38. The second kappa shape index (κ2) is 11.4. The predicted molar refractivity (Wildman–Crippen MR) is 111 cm³/mol. The second-order valence-corrected chi connectivity index (χ2v) is 7.39. The van der Waals surface area contributed by atoms with Gasteiger partial charge in [0, 0.05) is 22.3 Å². The Morgan fingerprint density at radius 1 is 0.688 bits per heavy atom. The van der Waals surface area contributed by atoms with Gasteiger partial charge < -0.3 is 28.8 Å². The van der Waals surface area contributed by atoms with Crippen molar-refractivity contribution in [3.8, 4) is 0 Å². The predicted octanol–water partition coefficient (Wildman–Crippen LogP) is 1.29. The van der Waals surface area contributed by atoms with E-state index in [0.29, 0.717) is 0 Å². The average Bonchev–Trinajstić information content (AvgIpc) is 2.69. The van der Waals surface area contributed by atoms with Gasteiger partial charge in [-0.2, -0.15) is 0 Å². The van der Waals surface area contributed by atoms with Crippen LogP contribution in [0.25, 0.3) is 0 Å². The van der Waals surface area contributed by atoms with Crippen molar-refractivity contribution < 1.29 is 48.0 Å². The van der Waals surface area contributed by atoms with Crippen molar-refractivity contribution in [3.05, 3.63) is 48.6 Å². The van der Waals surface area contributed by atoms with Crippen molar-refractivity contribution in [1.29, 1.82) is 0 Å². The third-order valence-corrected chi connectivity index (χ3v) is 4.11. The maximum Gasteiger partial charge on any atom is 0.333 e. The molecule has 10 heteroatoms. The summed E-state index contributed by atoms with van der Waals surface area (Å²) in [6.45, 7) is 18.9. The third kappa shape index (κ3) is 7.17. The summed E-state index contributed by atoms with van der Waals surface area (Å²) in [6, 6.07) is 0. The highest BCUT2D eigenvalue weighted by Crippen LogP contribution is 2.29. The van der Waals surface area contributed by atoms with Crippen LogP contribution in [-0.4, -0.2) is 66.3 Å². The lowest BCUT2D eigenvalue weighted by Crippen LogP contribution is -2.62. The lowest BCUT2D eigenvalue weighted by atomic mass is 9.98. The Hall–Kier alpha value is -3.24. The number of carbonyl (C=O) groups is 4. The first-order chi connectivity index (χ1) is 14.8. The van der Waals surface area contributed by atoms with E-state index in [1.165, 1.54) is 27.7 Å². The van der Waals surface area contributed by atoms with Crippen LogP contribution in [-0.2, 0) is 42.9 Å². The first-order valence-corrected chi connectivity index (χ1v) is 9.51. The summed E-state index contributed by atoms with van der Waals surface area (Å²) in [6.07, 6.45) is -7.71. The minimum atomic E-state index is -1.82. The molecule has 10 nitrogen and oxygen atoms in total. The number of rotatable bonds is 9. The van der Waals surface area contributed by atoms with E-state index in [2.05, 4.69) is 26.3 Å². The Labute approximate surface area is 186 Å². The molecule has 5 atom stereocenters. The molecule has 0 aromatic rings. The van der Waals surface area contributed by atoms with Gasteiger partial charge in [0.05, 0.1) is 0 Å². The molecule has 1 heterocycles. The molecule has 1 N–H and O–H groups in total. The Bertz CT molecular complexity index is 840. The van der Waals surface area contributed by atoms with Crippen molar-refractivity contribution in [1.82, 2.24) is 0 Å². The van der Waals surface area contributed by atoms with Gasteiger partial charge in [0.25, 0.3) is 0 Å². The van der Waals surface area contributed by atoms with Crippen LogP contribution in [0, 0.1) is 0 Å². The molecule has 0 amide bonds. The summed E-state index contributed by atoms with van der Waals surface area (Å²) in [7, 11) is 0. The van der Waals surface area contributed by atoms with Gasteiger partial charge in [0.15, 0.2) is 24.6 Å². The number of aliphatic hydroxyl groups is 1. The molecule has 1 aliphatic heterocycles. The quantitative estimate of drug-likeness (QED) is 0.310. The van der Waals surface area contributed by atoms with Gasteiger partial charge in [-0.1, -0.05) is 26.3 Å². The zero-order valence-electron chi connectivity index (χ0n) is 18.5. The monoisotopic (exact) mass is 452 g/mol. The SMILES string of the molecule is C=C(C)C(=O)OC[C@H]1O[C@@H](O)[C@H](OC(=O)C(=C)C)[C@@H](OC(=O)C(=C)C)[C@@H]1OC(=O)C(=C)C. The molecular formula is C22H28O10. The van der Waals surface area contributed by atoms with Gasteiger partial charge >= 0.3 is 23.9 Å². The van der Waals surface area contributed by atoms with E-state index in [1.54, 1.807) is 0 Å². The molecule has 0 radical (unpaired) electrons. The molecule has 0 aliphatic carbocycles. The molecule has 1 fully saturated rings. The fourth-order valence-electron chi connectivity index (χ4n) is 2.38. The van der Waals surface area contributed by atoms with Crippen molar-refractivity contribution in [3.63, 3.8) is 0 Å². The first-order valence-electron chi connectivity index (χ1n) is 9.51. The van der Waals surface area contributed by atoms with Gasteiger partial charge in [0.1, 0.15) is 12.7 Å². The van der Waals surface area contributed by atoms with E-state index in [0.717, 1.165) is 0 Å². The molecule has 1 aliphatic rings. The Morgan fingerprint density at radius 3 is 1.47 bits per heavy atom. The molecule has 1 rings (SSSR count). The van der Waals surface area contributed by atoms with Crippen LogP contribution in [0.15, 0.2) is 48.6 Å². The average molecular weight is 452 g/mol. The van der Waals surface area contributed by atoms with Crippen LogP contribution in [0.5, 0.6) is 0 Å². The maximum absolute atomic E-state index is 12.3. The van der Waals surface area contributed by atoms with E-state index in [4.69, 9.17) is 23.7 Å². The van der Waals surface area contributed by atoms with Gasteiger partial charge in [-0.3, -0.25) is 0 Å². The summed E-state index contributed by atoms with van der Waals surface area (Å²) in [5, 5.41) is 10.5. The van der Waals surface area contributed by atoms with Crippen LogP contribution >= 0.6 is 0 Å². The number of hydrogen-bond acceptors (Lipinski definition) is 10. The highest BCUT2D eigenvalue weighted by atomic mass is 16.7. The molecule has 176 valence electrons. The van der Waals surface area contributed by atoms with Crippen molar-refractivity contribution in [2.45, 2.75) is 58.4 Å². The molecule has 0 bridgehead atoms. The number of ether oxygens (including phenoxy) is 5. The standard InChI is InChI=1S/C22H28O10/c1-10(2)18(23)28-9-14-15(30-19(24)11(3)4)16(31-20(25)12(5)6)17(22(27)29-14)32-21(26)13(7)8/h14-17,22,27H,1,3,5,7,9H2,2,4,6,8H3/t14-,15-,16+,17-,22-/m1/s1. The summed E-state index contributed by atoms with van der Waals surface area (Å²) < 4.78 is 26.3. The lowest BCUT2D eigenvalue weighted by molar-refractivity contribution is -0.295. The molecular weight excluding hydrogens is 424 g/mol. The van der Waals surface area contributed by atoms with Gasteiger partial charge in [-0.25, -0.2) is 19.2 Å². The number of esters is 4. The largest absolute Gasteiger partial charge is 0.459 e. The Kier molecular flexibility index (Phi) is 9.54. The van der Waals surface area contributed by atoms with Crippen LogP contribution in [0.2, 0.25) is 0 Å². The normalized spacial score (nSPS) is 24.5. The molecule has 0 aromatic heterocycles. The number of aliphatic hydroxyl groups excluding tert-OH is 1. The van der Waals surface area contributed by atoms with Crippen molar-refractivity contribution in [2.75, 3.05) is 6.61 Å². The Morgan fingerprint density at radius 2 is 1.06 bits per heavy atom. The van der Waals surface area contributed by atoms with Crippen molar-refractivity contribution >= 4 is 23.9 Å². The molecule has 1 saturated heterocycles. The van der Waals surface area contributed by atoms with E-state index in [-0.39, 0.29) is 22.3 Å². The summed E-state index contributed by atoms with van der Waals surface area (Å²) in [5.41, 5.74) is 0.0889. The van der Waals surface area contributed by atoms with Gasteiger partial charge in [-0.15, -0.1) is 0 Å². The molecule has 0 spiro atoms. The molecule has 0 saturated carbocycles. The molecule has 32 heavy (non-hydrogen) atoms. The number of carbonyl (C=O) groups excluding carboxylic acids is 4. The third-order valence-electron chi connectivity index (χ3n) is 4.11. The maximum atomic E-state index is 12.3. The highest BCUT2D eigenvalue weighted by Gasteiger charge is 2.52. The minimum absolute atomic E-state index is 0.00447. The lowest BCUT2D eigenvalue weighted by Gasteiger charge is -2.42. The van der Waals surface area contributed by atoms with E-state index < -0.39 is 61.2 Å². The van der Waals surface area contributed by atoms with E-state index in [9.17, 15) is 24.3 Å². The highest BCUT2D eigenvalue weighted by molar-refractivity contribution is 5.89. The fraction of sp³-hybridized carbons (Fsp3) is 0.455. The summed E-state index contributed by atoms with van der Waals surface area (Å²) in [4.78, 5) is 48.4. The van der Waals surface area contributed by atoms with Gasteiger partial charge in [0.2, 0.25) is 0 Å². The van der Waals surface area contributed by atoms with E-state index in [1.807, 2.05) is 0 Å². The van der Waals surface area contributed by atoms with Crippen molar-refractivity contribution in [2.24, 2.45) is 0 Å².